The Morgan fingerprint density at radius 1 is 1.17 bits per heavy atom. The van der Waals surface area contributed by atoms with E-state index >= 15 is 0 Å². The van der Waals surface area contributed by atoms with E-state index in [2.05, 4.69) is 55.1 Å². The highest BCUT2D eigenvalue weighted by molar-refractivity contribution is 5.34. The van der Waals surface area contributed by atoms with E-state index in [4.69, 9.17) is 0 Å². The molecule has 0 saturated carbocycles. The zero-order valence-corrected chi connectivity index (χ0v) is 11.8. The molecule has 2 aliphatic rings. The van der Waals surface area contributed by atoms with E-state index in [0.717, 1.165) is 12.0 Å². The van der Waals surface area contributed by atoms with Gasteiger partial charge in [-0.2, -0.15) is 0 Å². The van der Waals surface area contributed by atoms with Crippen LogP contribution in [0.15, 0.2) is 24.3 Å². The molecule has 0 radical (unpaired) electrons. The molecule has 1 aromatic rings. The van der Waals surface area contributed by atoms with Crippen molar-refractivity contribution in [3.63, 3.8) is 0 Å². The first-order chi connectivity index (χ1) is 8.66. The Kier molecular flexibility index (Phi) is 3.16. The van der Waals surface area contributed by atoms with Gasteiger partial charge in [-0.1, -0.05) is 31.2 Å². The van der Waals surface area contributed by atoms with Crippen molar-refractivity contribution in [3.8, 4) is 0 Å². The van der Waals surface area contributed by atoms with Gasteiger partial charge in [0.15, 0.2) is 0 Å². The van der Waals surface area contributed by atoms with Crippen LogP contribution in [-0.4, -0.2) is 43.0 Å². The molecule has 1 saturated heterocycles. The number of rotatable bonds is 2. The Balaban J connectivity index is 1.78. The summed E-state index contributed by atoms with van der Waals surface area (Å²) in [6, 6.07) is 10.4. The van der Waals surface area contributed by atoms with Crippen molar-refractivity contribution in [2.24, 2.45) is 5.92 Å². The van der Waals surface area contributed by atoms with Crippen LogP contribution in [0.5, 0.6) is 0 Å². The molecule has 3 rings (SSSR count). The number of hydrogen-bond acceptors (Lipinski definition) is 2. The van der Waals surface area contributed by atoms with Gasteiger partial charge in [0.25, 0.3) is 0 Å². The summed E-state index contributed by atoms with van der Waals surface area (Å²) in [6.45, 7) is 4.88. The molecule has 1 fully saturated rings. The summed E-state index contributed by atoms with van der Waals surface area (Å²) < 4.78 is 0. The largest absolute Gasteiger partial charge is 0.305 e. The lowest BCUT2D eigenvalue weighted by atomic mass is 10.1. The lowest BCUT2D eigenvalue weighted by Gasteiger charge is -2.26. The third kappa shape index (κ3) is 1.98. The molecule has 0 spiro atoms. The summed E-state index contributed by atoms with van der Waals surface area (Å²) in [5.41, 5.74) is 3.16. The van der Waals surface area contributed by atoms with Crippen LogP contribution in [0, 0.1) is 5.92 Å². The van der Waals surface area contributed by atoms with E-state index in [1.54, 1.807) is 11.1 Å². The van der Waals surface area contributed by atoms with Gasteiger partial charge >= 0.3 is 0 Å². The maximum Gasteiger partial charge on any atom is 0.0354 e. The summed E-state index contributed by atoms with van der Waals surface area (Å²) >= 11 is 0. The van der Waals surface area contributed by atoms with Crippen LogP contribution in [0.1, 0.15) is 30.5 Å². The molecule has 1 aliphatic heterocycles. The predicted octanol–water partition coefficient (Wildman–Crippen LogP) is 2.56. The zero-order chi connectivity index (χ0) is 12.7. The highest BCUT2D eigenvalue weighted by Crippen LogP contribution is 2.38. The number of aryl methyl sites for hydroxylation is 1. The van der Waals surface area contributed by atoms with Crippen LogP contribution in [-0.2, 0) is 6.42 Å². The van der Waals surface area contributed by atoms with Crippen molar-refractivity contribution >= 4 is 0 Å². The molecular weight excluding hydrogens is 220 g/mol. The highest BCUT2D eigenvalue weighted by atomic mass is 15.3. The molecule has 0 amide bonds. The molecule has 1 heterocycles. The maximum atomic E-state index is 2.71. The molecule has 2 nitrogen and oxygen atoms in total. The fourth-order valence-corrected chi connectivity index (χ4v) is 3.83. The first-order valence-electron chi connectivity index (χ1n) is 7.15. The van der Waals surface area contributed by atoms with Gasteiger partial charge in [-0.25, -0.2) is 0 Å². The monoisotopic (exact) mass is 244 g/mol. The van der Waals surface area contributed by atoms with Crippen LogP contribution >= 0.6 is 0 Å². The maximum absolute atomic E-state index is 2.71. The second-order valence-corrected chi connectivity index (χ2v) is 6.22. The van der Waals surface area contributed by atoms with Crippen molar-refractivity contribution in [1.82, 2.24) is 9.80 Å². The van der Waals surface area contributed by atoms with E-state index in [-0.39, 0.29) is 0 Å². The number of likely N-dealkylation sites (N-methyl/N-ethyl adjacent to an activating group) is 1. The third-order valence-electron chi connectivity index (χ3n) is 4.81. The zero-order valence-electron chi connectivity index (χ0n) is 11.8. The molecule has 18 heavy (non-hydrogen) atoms. The van der Waals surface area contributed by atoms with E-state index < -0.39 is 0 Å². The molecule has 0 N–H and O–H groups in total. The summed E-state index contributed by atoms with van der Waals surface area (Å²) in [5.74, 6) is 0.785. The fourth-order valence-electron chi connectivity index (χ4n) is 3.83. The van der Waals surface area contributed by atoms with Gasteiger partial charge in [0.05, 0.1) is 0 Å². The Hall–Kier alpha value is -0.860. The molecule has 0 aromatic heterocycles. The molecule has 1 aromatic carbocycles. The minimum Gasteiger partial charge on any atom is -0.305 e. The lowest BCUT2D eigenvalue weighted by molar-refractivity contribution is 0.215. The van der Waals surface area contributed by atoms with Gasteiger partial charge in [-0.3, -0.25) is 4.90 Å². The minimum absolute atomic E-state index is 0.675. The topological polar surface area (TPSA) is 6.48 Å². The van der Waals surface area contributed by atoms with Crippen molar-refractivity contribution in [1.29, 1.82) is 0 Å². The molecule has 98 valence electrons. The van der Waals surface area contributed by atoms with Crippen LogP contribution in [0.4, 0.5) is 0 Å². The highest BCUT2D eigenvalue weighted by Gasteiger charge is 2.37. The van der Waals surface area contributed by atoms with Gasteiger partial charge in [0, 0.05) is 25.2 Å². The van der Waals surface area contributed by atoms with Crippen molar-refractivity contribution < 1.29 is 0 Å². The lowest BCUT2D eigenvalue weighted by Crippen LogP contribution is -2.34. The van der Waals surface area contributed by atoms with Crippen molar-refractivity contribution in [2.45, 2.75) is 31.8 Å². The fraction of sp³-hybridized carbons (Fsp3) is 0.625. The second kappa shape index (κ2) is 4.67. The van der Waals surface area contributed by atoms with E-state index in [1.165, 1.54) is 25.9 Å². The molecule has 1 aliphatic carbocycles. The van der Waals surface area contributed by atoms with Gasteiger partial charge in [0.2, 0.25) is 0 Å². The Morgan fingerprint density at radius 3 is 2.67 bits per heavy atom. The number of benzene rings is 1. The smallest absolute Gasteiger partial charge is 0.0354 e. The number of hydrogen-bond donors (Lipinski definition) is 0. The molecule has 1 unspecified atom stereocenters. The summed E-state index contributed by atoms with van der Waals surface area (Å²) in [7, 11) is 4.43. The molecule has 3 atom stereocenters. The first-order valence-corrected chi connectivity index (χ1v) is 7.15. The minimum atomic E-state index is 0.675. The van der Waals surface area contributed by atoms with Gasteiger partial charge in [-0.05, 0) is 44.0 Å². The molecule has 0 bridgehead atoms. The number of fused-ring (bicyclic) bond motifs is 1. The second-order valence-electron chi connectivity index (χ2n) is 6.22. The van der Waals surface area contributed by atoms with Crippen LogP contribution in [0.2, 0.25) is 0 Å². The van der Waals surface area contributed by atoms with Crippen molar-refractivity contribution in [2.75, 3.05) is 27.2 Å². The standard InChI is InChI=1S/C16H24N2/c1-12-10-18(11-16(12)17(2)3)15-9-8-13-6-4-5-7-14(13)15/h4-7,12,15-16H,8-11H2,1-3H3/t12-,15?,16-/m0/s1. The Bertz CT molecular complexity index is 427. The van der Waals surface area contributed by atoms with E-state index in [0.29, 0.717) is 6.04 Å². The summed E-state index contributed by atoms with van der Waals surface area (Å²) in [5, 5.41) is 0. The number of likely N-dealkylation sites (tertiary alicyclic amines) is 1. The van der Waals surface area contributed by atoms with Crippen LogP contribution < -0.4 is 0 Å². The summed E-state index contributed by atoms with van der Waals surface area (Å²) in [6.07, 6.45) is 2.57. The Morgan fingerprint density at radius 2 is 1.94 bits per heavy atom. The first kappa shape index (κ1) is 12.2. The Labute approximate surface area is 111 Å². The third-order valence-corrected chi connectivity index (χ3v) is 4.81. The van der Waals surface area contributed by atoms with Gasteiger partial charge in [0.1, 0.15) is 0 Å². The SMILES string of the molecule is C[C@H]1CN(C2CCc3ccccc32)C[C@@H]1N(C)C. The quantitative estimate of drug-likeness (QED) is 0.789. The summed E-state index contributed by atoms with van der Waals surface area (Å²) in [4.78, 5) is 5.10. The average Bonchev–Trinajstić information content (AvgIpc) is 2.92. The van der Waals surface area contributed by atoms with Crippen molar-refractivity contribution in [3.05, 3.63) is 35.4 Å². The molecule has 2 heteroatoms. The van der Waals surface area contributed by atoms with E-state index in [9.17, 15) is 0 Å². The number of nitrogens with zero attached hydrogens (tertiary/aromatic N) is 2. The molecular formula is C16H24N2. The predicted molar refractivity (Wildman–Crippen MR) is 75.7 cm³/mol. The van der Waals surface area contributed by atoms with Crippen LogP contribution in [0.3, 0.4) is 0 Å². The van der Waals surface area contributed by atoms with Gasteiger partial charge in [-0.15, -0.1) is 0 Å². The average molecular weight is 244 g/mol. The van der Waals surface area contributed by atoms with Gasteiger partial charge < -0.3 is 4.90 Å². The normalized spacial score (nSPS) is 32.1. The van der Waals surface area contributed by atoms with E-state index in [1.807, 2.05) is 0 Å². The van der Waals surface area contributed by atoms with Crippen LogP contribution in [0.25, 0.3) is 0 Å².